The van der Waals surface area contributed by atoms with Gasteiger partial charge < -0.3 is 9.84 Å². The number of aromatic nitrogens is 1. The molecule has 0 saturated carbocycles. The Labute approximate surface area is 138 Å². The number of hydrogen-bond acceptors (Lipinski definition) is 4. The Morgan fingerprint density at radius 2 is 1.91 bits per heavy atom. The molecule has 1 saturated heterocycles. The molecule has 3 rings (SSSR count). The molecule has 7 heteroatoms. The van der Waals surface area contributed by atoms with Gasteiger partial charge in [-0.05, 0) is 38.5 Å². The molecule has 1 atom stereocenters. The maximum atomic E-state index is 12.8. The predicted molar refractivity (Wildman–Crippen MR) is 83.9 cm³/mol. The highest BCUT2D eigenvalue weighted by Crippen LogP contribution is 2.31. The van der Waals surface area contributed by atoms with E-state index in [9.17, 15) is 9.59 Å². The molecule has 0 aliphatic carbocycles. The zero-order valence-electron chi connectivity index (χ0n) is 13.0. The van der Waals surface area contributed by atoms with Gasteiger partial charge in [0.25, 0.3) is 5.91 Å². The van der Waals surface area contributed by atoms with Crippen molar-refractivity contribution in [1.29, 1.82) is 0 Å². The summed E-state index contributed by atoms with van der Waals surface area (Å²) >= 11 is 5.89. The number of rotatable bonds is 3. The molecule has 1 unspecified atom stereocenters. The third kappa shape index (κ3) is 2.49. The van der Waals surface area contributed by atoms with E-state index in [-0.39, 0.29) is 12.5 Å². The summed E-state index contributed by atoms with van der Waals surface area (Å²) in [6.45, 7) is 5.35. The number of nitrogens with zero attached hydrogens (tertiary/aromatic N) is 2. The number of imide groups is 1. The molecule has 120 valence electrons. The molecule has 0 radical (unpaired) electrons. The van der Waals surface area contributed by atoms with Crippen LogP contribution < -0.4 is 5.32 Å². The van der Waals surface area contributed by atoms with Crippen LogP contribution in [0.5, 0.6) is 0 Å². The Bertz CT molecular complexity index is 765. The number of amides is 3. The highest BCUT2D eigenvalue weighted by atomic mass is 35.5. The first kappa shape index (κ1) is 15.6. The first-order chi connectivity index (χ1) is 10.8. The molecule has 2 aromatic rings. The second kappa shape index (κ2) is 5.38. The van der Waals surface area contributed by atoms with Gasteiger partial charge in [0, 0.05) is 10.6 Å². The fourth-order valence-corrected chi connectivity index (χ4v) is 2.83. The van der Waals surface area contributed by atoms with Crippen molar-refractivity contribution in [3.8, 4) is 0 Å². The summed E-state index contributed by atoms with van der Waals surface area (Å²) in [5, 5.41) is 7.18. The van der Waals surface area contributed by atoms with E-state index in [0.717, 1.165) is 5.56 Å². The van der Waals surface area contributed by atoms with E-state index in [2.05, 4.69) is 10.5 Å². The van der Waals surface area contributed by atoms with Gasteiger partial charge in [0.05, 0.1) is 12.2 Å². The number of halogens is 1. The lowest BCUT2D eigenvalue weighted by atomic mass is 9.92. The topological polar surface area (TPSA) is 75.4 Å². The van der Waals surface area contributed by atoms with Gasteiger partial charge in [-0.3, -0.25) is 9.69 Å². The van der Waals surface area contributed by atoms with E-state index >= 15 is 0 Å². The van der Waals surface area contributed by atoms with Crippen molar-refractivity contribution >= 4 is 23.5 Å². The van der Waals surface area contributed by atoms with Crippen molar-refractivity contribution in [3.63, 3.8) is 0 Å². The van der Waals surface area contributed by atoms with E-state index in [1.165, 1.54) is 4.90 Å². The van der Waals surface area contributed by atoms with Crippen molar-refractivity contribution < 1.29 is 14.1 Å². The summed E-state index contributed by atoms with van der Waals surface area (Å²) < 4.78 is 5.09. The van der Waals surface area contributed by atoms with Crippen LogP contribution in [0.4, 0.5) is 4.79 Å². The largest absolute Gasteiger partial charge is 0.361 e. The van der Waals surface area contributed by atoms with Gasteiger partial charge in [0.15, 0.2) is 0 Å². The normalized spacial score (nSPS) is 21.0. The minimum Gasteiger partial charge on any atom is -0.361 e. The summed E-state index contributed by atoms with van der Waals surface area (Å²) in [6.07, 6.45) is 0. The van der Waals surface area contributed by atoms with Crippen LogP contribution >= 0.6 is 11.6 Å². The molecule has 0 spiro atoms. The molecule has 1 fully saturated rings. The number of benzene rings is 1. The first-order valence-electron chi connectivity index (χ1n) is 7.15. The summed E-state index contributed by atoms with van der Waals surface area (Å²) in [7, 11) is 0. The lowest BCUT2D eigenvalue weighted by Crippen LogP contribution is -2.40. The van der Waals surface area contributed by atoms with Crippen LogP contribution in [0.2, 0.25) is 5.02 Å². The highest BCUT2D eigenvalue weighted by Gasteiger charge is 2.49. The molecule has 2 heterocycles. The lowest BCUT2D eigenvalue weighted by Gasteiger charge is -2.22. The van der Waals surface area contributed by atoms with E-state index in [1.54, 1.807) is 45.0 Å². The molecular formula is C16H16ClN3O3. The summed E-state index contributed by atoms with van der Waals surface area (Å²) in [4.78, 5) is 26.3. The van der Waals surface area contributed by atoms with Crippen molar-refractivity contribution in [3.05, 3.63) is 51.9 Å². The van der Waals surface area contributed by atoms with Crippen molar-refractivity contribution in [2.45, 2.75) is 32.9 Å². The standard InChI is InChI=1S/C16H16ClN3O3/c1-9-13(10(2)23-19-9)8-20-14(21)16(3,18-15(20)22)11-4-6-12(17)7-5-11/h4-7H,8H2,1-3H3,(H,18,22). The van der Waals surface area contributed by atoms with Crippen LogP contribution in [0.25, 0.3) is 0 Å². The molecule has 0 bridgehead atoms. The van der Waals surface area contributed by atoms with Crippen LogP contribution in [-0.4, -0.2) is 22.0 Å². The molecule has 23 heavy (non-hydrogen) atoms. The Morgan fingerprint density at radius 3 is 2.48 bits per heavy atom. The smallest absolute Gasteiger partial charge is 0.325 e. The first-order valence-corrected chi connectivity index (χ1v) is 7.52. The van der Waals surface area contributed by atoms with E-state index in [4.69, 9.17) is 16.1 Å². The third-order valence-electron chi connectivity index (χ3n) is 4.19. The lowest BCUT2D eigenvalue weighted by molar-refractivity contribution is -0.131. The fourth-order valence-electron chi connectivity index (χ4n) is 2.71. The van der Waals surface area contributed by atoms with Crippen LogP contribution in [0.1, 0.15) is 29.5 Å². The molecule has 1 aromatic heterocycles. The number of hydrogen-bond donors (Lipinski definition) is 1. The van der Waals surface area contributed by atoms with Gasteiger partial charge in [-0.15, -0.1) is 0 Å². The number of carbonyl (C=O) groups is 2. The zero-order valence-corrected chi connectivity index (χ0v) is 13.8. The number of urea groups is 1. The van der Waals surface area contributed by atoms with Crippen LogP contribution in [0.15, 0.2) is 28.8 Å². The van der Waals surface area contributed by atoms with Crippen molar-refractivity contribution in [2.75, 3.05) is 0 Å². The third-order valence-corrected chi connectivity index (χ3v) is 4.45. The molecule has 3 amide bonds. The van der Waals surface area contributed by atoms with Crippen LogP contribution in [0, 0.1) is 13.8 Å². The summed E-state index contributed by atoms with van der Waals surface area (Å²) in [5.74, 6) is 0.285. The SMILES string of the molecule is Cc1noc(C)c1CN1C(=O)NC(C)(c2ccc(Cl)cc2)C1=O. The average Bonchev–Trinajstić information content (AvgIpc) is 2.93. The maximum absolute atomic E-state index is 12.8. The quantitative estimate of drug-likeness (QED) is 0.876. The predicted octanol–water partition coefficient (Wildman–Crippen LogP) is 2.91. The van der Waals surface area contributed by atoms with Crippen LogP contribution in [0.3, 0.4) is 0 Å². The minimum absolute atomic E-state index is 0.134. The zero-order chi connectivity index (χ0) is 16.8. The Hall–Kier alpha value is -2.34. The molecular weight excluding hydrogens is 318 g/mol. The highest BCUT2D eigenvalue weighted by molar-refractivity contribution is 6.30. The van der Waals surface area contributed by atoms with Crippen molar-refractivity contribution in [1.82, 2.24) is 15.4 Å². The molecule has 1 aliphatic rings. The molecule has 6 nitrogen and oxygen atoms in total. The number of carbonyl (C=O) groups excluding carboxylic acids is 2. The monoisotopic (exact) mass is 333 g/mol. The molecule has 1 aliphatic heterocycles. The molecule has 1 N–H and O–H groups in total. The number of aryl methyl sites for hydroxylation is 2. The van der Waals surface area contributed by atoms with Gasteiger partial charge in [0.1, 0.15) is 11.3 Å². The van der Waals surface area contributed by atoms with Gasteiger partial charge in [-0.2, -0.15) is 0 Å². The molecule has 1 aromatic carbocycles. The Balaban J connectivity index is 1.92. The van der Waals surface area contributed by atoms with Gasteiger partial charge in [-0.1, -0.05) is 28.9 Å². The average molecular weight is 334 g/mol. The van der Waals surface area contributed by atoms with Gasteiger partial charge >= 0.3 is 6.03 Å². The van der Waals surface area contributed by atoms with E-state index < -0.39 is 11.6 Å². The minimum atomic E-state index is -1.11. The number of nitrogens with one attached hydrogen (secondary N) is 1. The summed E-state index contributed by atoms with van der Waals surface area (Å²) in [6, 6.07) is 6.42. The second-order valence-electron chi connectivity index (χ2n) is 5.76. The van der Waals surface area contributed by atoms with Crippen LogP contribution in [-0.2, 0) is 16.9 Å². The Kier molecular flexibility index (Phi) is 3.64. The Morgan fingerprint density at radius 1 is 1.26 bits per heavy atom. The van der Waals surface area contributed by atoms with E-state index in [1.807, 2.05) is 0 Å². The maximum Gasteiger partial charge on any atom is 0.325 e. The summed E-state index contributed by atoms with van der Waals surface area (Å²) in [5.41, 5.74) is 0.985. The van der Waals surface area contributed by atoms with E-state index in [0.29, 0.717) is 22.0 Å². The van der Waals surface area contributed by atoms with Gasteiger partial charge in [-0.25, -0.2) is 4.79 Å². The van der Waals surface area contributed by atoms with Crippen molar-refractivity contribution in [2.24, 2.45) is 0 Å². The second-order valence-corrected chi connectivity index (χ2v) is 6.19. The fraction of sp³-hybridized carbons (Fsp3) is 0.312. The van der Waals surface area contributed by atoms with Gasteiger partial charge in [0.2, 0.25) is 0 Å².